The standard InChI is InChI=1S/C24H29N3O2S2/c1-3-19-6-9-21-22(16-19)31-24(25-21)27(11-10-26-12-14-29-15-13-26)23(28)17-30-20-7-4-18(2)5-8-20/h4-9,16H,3,10-15,17H2,1-2H3. The summed E-state index contributed by atoms with van der Waals surface area (Å²) in [5.74, 6) is 0.510. The molecular weight excluding hydrogens is 426 g/mol. The van der Waals surface area contributed by atoms with Crippen LogP contribution in [0.1, 0.15) is 18.1 Å². The van der Waals surface area contributed by atoms with Crippen molar-refractivity contribution >= 4 is 44.4 Å². The number of thiazole rings is 1. The van der Waals surface area contributed by atoms with Crippen LogP contribution < -0.4 is 4.90 Å². The molecule has 0 unspecified atom stereocenters. The van der Waals surface area contributed by atoms with E-state index in [1.807, 2.05) is 4.90 Å². The fourth-order valence-electron chi connectivity index (χ4n) is 3.54. The Morgan fingerprint density at radius 2 is 1.97 bits per heavy atom. The molecule has 5 nitrogen and oxygen atoms in total. The lowest BCUT2D eigenvalue weighted by atomic mass is 10.2. The molecule has 0 radical (unpaired) electrons. The van der Waals surface area contributed by atoms with Gasteiger partial charge in [-0.3, -0.25) is 14.6 Å². The van der Waals surface area contributed by atoms with Crippen molar-refractivity contribution in [2.45, 2.75) is 25.2 Å². The van der Waals surface area contributed by atoms with Crippen molar-refractivity contribution in [3.05, 3.63) is 53.6 Å². The topological polar surface area (TPSA) is 45.7 Å². The van der Waals surface area contributed by atoms with Crippen LogP contribution in [0.2, 0.25) is 0 Å². The highest BCUT2D eigenvalue weighted by Crippen LogP contribution is 2.30. The van der Waals surface area contributed by atoms with Crippen molar-refractivity contribution in [3.63, 3.8) is 0 Å². The molecule has 31 heavy (non-hydrogen) atoms. The molecule has 1 amide bonds. The molecule has 1 saturated heterocycles. The van der Waals surface area contributed by atoms with Gasteiger partial charge in [0.2, 0.25) is 5.91 Å². The van der Waals surface area contributed by atoms with Gasteiger partial charge in [0.05, 0.1) is 29.2 Å². The second-order valence-corrected chi connectivity index (χ2v) is 9.81. The summed E-state index contributed by atoms with van der Waals surface area (Å²) in [6.07, 6.45) is 0.996. The van der Waals surface area contributed by atoms with Crippen molar-refractivity contribution in [2.24, 2.45) is 0 Å². The molecule has 2 aromatic carbocycles. The number of rotatable bonds is 8. The van der Waals surface area contributed by atoms with Crippen molar-refractivity contribution < 1.29 is 9.53 Å². The van der Waals surface area contributed by atoms with E-state index >= 15 is 0 Å². The molecule has 4 rings (SSSR count). The summed E-state index contributed by atoms with van der Waals surface area (Å²) >= 11 is 3.20. The molecule has 1 fully saturated rings. The van der Waals surface area contributed by atoms with E-state index in [1.165, 1.54) is 11.1 Å². The molecule has 1 aromatic heterocycles. The van der Waals surface area contributed by atoms with Crippen LogP contribution in [0, 0.1) is 6.92 Å². The summed E-state index contributed by atoms with van der Waals surface area (Å²) in [5, 5.41) is 0.797. The molecule has 7 heteroatoms. The first kappa shape index (κ1) is 22.3. The molecule has 0 saturated carbocycles. The number of anilines is 1. The van der Waals surface area contributed by atoms with Gasteiger partial charge in [0.25, 0.3) is 0 Å². The Hall–Kier alpha value is -1.93. The Morgan fingerprint density at radius 1 is 1.19 bits per heavy atom. The fraction of sp³-hybridized carbons (Fsp3) is 0.417. The van der Waals surface area contributed by atoms with Gasteiger partial charge < -0.3 is 4.74 Å². The number of hydrogen-bond donors (Lipinski definition) is 0. The summed E-state index contributed by atoms with van der Waals surface area (Å²) in [5.41, 5.74) is 3.49. The third-order valence-corrected chi connectivity index (χ3v) is 7.55. The number of hydrogen-bond acceptors (Lipinski definition) is 6. The maximum Gasteiger partial charge on any atom is 0.239 e. The molecule has 0 bridgehead atoms. The van der Waals surface area contributed by atoms with Crippen LogP contribution in [-0.4, -0.2) is 60.9 Å². The van der Waals surface area contributed by atoms with Crippen molar-refractivity contribution in [1.29, 1.82) is 0 Å². The number of carbonyl (C=O) groups is 1. The van der Waals surface area contributed by atoms with Crippen molar-refractivity contribution in [3.8, 4) is 0 Å². The Balaban J connectivity index is 1.51. The number of fused-ring (bicyclic) bond motifs is 1. The van der Waals surface area contributed by atoms with E-state index in [0.717, 1.165) is 59.5 Å². The Morgan fingerprint density at radius 3 is 2.71 bits per heavy atom. The van der Waals surface area contributed by atoms with Gasteiger partial charge in [0.15, 0.2) is 5.13 Å². The van der Waals surface area contributed by atoms with Gasteiger partial charge in [-0.15, -0.1) is 11.8 Å². The Kier molecular flexibility index (Phi) is 7.61. The number of thioether (sulfide) groups is 1. The van der Waals surface area contributed by atoms with Crippen LogP contribution in [0.15, 0.2) is 47.4 Å². The zero-order valence-corrected chi connectivity index (χ0v) is 19.8. The summed E-state index contributed by atoms with van der Waals surface area (Å²) in [6.45, 7) is 9.07. The zero-order chi connectivity index (χ0) is 21.6. The van der Waals surface area contributed by atoms with Gasteiger partial charge in [0.1, 0.15) is 0 Å². The van der Waals surface area contributed by atoms with Crippen LogP contribution in [0.4, 0.5) is 5.13 Å². The number of nitrogens with zero attached hydrogens (tertiary/aromatic N) is 3. The van der Waals surface area contributed by atoms with Crippen LogP contribution >= 0.6 is 23.1 Å². The predicted octanol–water partition coefficient (Wildman–Crippen LogP) is 4.62. The van der Waals surface area contributed by atoms with Crippen LogP contribution in [0.25, 0.3) is 10.2 Å². The van der Waals surface area contributed by atoms with E-state index in [4.69, 9.17) is 9.72 Å². The molecule has 164 valence electrons. The molecular formula is C24H29N3O2S2. The largest absolute Gasteiger partial charge is 0.379 e. The molecule has 1 aliphatic rings. The first-order valence-corrected chi connectivity index (χ1v) is 12.6. The first-order chi connectivity index (χ1) is 15.1. The second kappa shape index (κ2) is 10.6. The van der Waals surface area contributed by atoms with Gasteiger partial charge in [-0.05, 0) is 43.2 Å². The summed E-state index contributed by atoms with van der Waals surface area (Å²) in [6, 6.07) is 14.7. The van der Waals surface area contributed by atoms with Crippen molar-refractivity contribution in [1.82, 2.24) is 9.88 Å². The SMILES string of the molecule is CCc1ccc2nc(N(CCN3CCOCC3)C(=O)CSc3ccc(C)cc3)sc2c1. The molecule has 2 heterocycles. The Bertz CT molecular complexity index is 1010. The number of amides is 1. The maximum atomic E-state index is 13.3. The highest BCUT2D eigenvalue weighted by molar-refractivity contribution is 8.00. The van der Waals surface area contributed by atoms with Gasteiger partial charge in [0, 0.05) is 31.1 Å². The maximum absolute atomic E-state index is 13.3. The molecule has 0 atom stereocenters. The molecule has 0 spiro atoms. The van der Waals surface area contributed by atoms with Gasteiger partial charge in [-0.2, -0.15) is 0 Å². The minimum absolute atomic E-state index is 0.105. The monoisotopic (exact) mass is 455 g/mol. The van der Waals surface area contributed by atoms with Gasteiger partial charge in [-0.1, -0.05) is 42.0 Å². The highest BCUT2D eigenvalue weighted by atomic mass is 32.2. The van der Waals surface area contributed by atoms with Crippen molar-refractivity contribution in [2.75, 3.05) is 50.0 Å². The average Bonchev–Trinajstić information content (AvgIpc) is 3.22. The zero-order valence-electron chi connectivity index (χ0n) is 18.2. The minimum Gasteiger partial charge on any atom is -0.379 e. The molecule has 0 N–H and O–H groups in total. The number of carbonyl (C=O) groups excluding carboxylic acids is 1. The Labute approximate surface area is 192 Å². The summed E-state index contributed by atoms with van der Waals surface area (Å²) in [4.78, 5) is 23.5. The highest BCUT2D eigenvalue weighted by Gasteiger charge is 2.22. The third kappa shape index (κ3) is 5.86. The first-order valence-electron chi connectivity index (χ1n) is 10.8. The molecule has 3 aromatic rings. The van der Waals surface area contributed by atoms with E-state index < -0.39 is 0 Å². The van der Waals surface area contributed by atoms with Gasteiger partial charge in [-0.25, -0.2) is 4.98 Å². The average molecular weight is 456 g/mol. The lowest BCUT2D eigenvalue weighted by Crippen LogP contribution is -2.43. The normalized spacial score (nSPS) is 14.8. The van der Waals surface area contributed by atoms with Crippen LogP contribution in [0.5, 0.6) is 0 Å². The van der Waals surface area contributed by atoms with Gasteiger partial charge >= 0.3 is 0 Å². The lowest BCUT2D eigenvalue weighted by Gasteiger charge is -2.29. The number of aryl methyl sites for hydroxylation is 2. The minimum atomic E-state index is 0.105. The second-order valence-electron chi connectivity index (χ2n) is 7.75. The summed E-state index contributed by atoms with van der Waals surface area (Å²) in [7, 11) is 0. The van der Waals surface area contributed by atoms with E-state index in [9.17, 15) is 4.79 Å². The number of morpholine rings is 1. The quantitative estimate of drug-likeness (QED) is 0.464. The lowest BCUT2D eigenvalue weighted by molar-refractivity contribution is -0.116. The predicted molar refractivity (Wildman–Crippen MR) is 131 cm³/mol. The van der Waals surface area contributed by atoms with E-state index in [0.29, 0.717) is 12.3 Å². The molecule has 1 aliphatic heterocycles. The smallest absolute Gasteiger partial charge is 0.239 e. The van der Waals surface area contributed by atoms with E-state index in [2.05, 4.69) is 61.2 Å². The number of aromatic nitrogens is 1. The molecule has 0 aliphatic carbocycles. The summed E-state index contributed by atoms with van der Waals surface area (Å²) < 4.78 is 6.60. The number of ether oxygens (including phenoxy) is 1. The van der Waals surface area contributed by atoms with Crippen LogP contribution in [-0.2, 0) is 16.0 Å². The van der Waals surface area contributed by atoms with E-state index in [-0.39, 0.29) is 5.91 Å². The fourth-order valence-corrected chi connectivity index (χ4v) is 5.39. The van der Waals surface area contributed by atoms with Crippen LogP contribution in [0.3, 0.4) is 0 Å². The number of benzene rings is 2. The van der Waals surface area contributed by atoms with E-state index in [1.54, 1.807) is 23.1 Å². The third-order valence-electron chi connectivity index (χ3n) is 5.51.